The number of aromatic nitrogens is 2. The van der Waals surface area contributed by atoms with E-state index in [1.807, 2.05) is 6.92 Å². The Bertz CT molecular complexity index is 645. The van der Waals surface area contributed by atoms with E-state index in [1.54, 1.807) is 0 Å². The van der Waals surface area contributed by atoms with Crippen LogP contribution in [0, 0.1) is 6.92 Å². The zero-order chi connectivity index (χ0) is 18.0. The first-order chi connectivity index (χ1) is 12.8. The lowest BCUT2D eigenvalue weighted by Gasteiger charge is -2.22. The van der Waals surface area contributed by atoms with Gasteiger partial charge in [-0.3, -0.25) is 0 Å². The molecule has 3 rings (SSSR count). The van der Waals surface area contributed by atoms with Crippen molar-refractivity contribution in [3.05, 3.63) is 35.8 Å². The molecule has 144 valence electrons. The molecule has 2 heterocycles. The normalized spacial score (nSPS) is 15.7. The highest BCUT2D eigenvalue weighted by molar-refractivity contribution is 5.41. The van der Waals surface area contributed by atoms with Crippen LogP contribution in [0.1, 0.15) is 56.3 Å². The monoisotopic (exact) mass is 357 g/mol. The number of nitrogens with zero attached hydrogens (tertiary/aromatic N) is 2. The van der Waals surface area contributed by atoms with Gasteiger partial charge in [0.25, 0.3) is 0 Å². The van der Waals surface area contributed by atoms with Crippen molar-refractivity contribution in [2.75, 3.05) is 26.2 Å². The summed E-state index contributed by atoms with van der Waals surface area (Å²) in [7, 11) is 0. The molecule has 2 aromatic heterocycles. The van der Waals surface area contributed by atoms with E-state index in [4.69, 9.17) is 0 Å². The topological polar surface area (TPSA) is 53.4 Å². The third kappa shape index (κ3) is 6.08. The minimum Gasteiger partial charge on any atom is -0.315 e. The molecule has 0 unspecified atom stereocenters. The summed E-state index contributed by atoms with van der Waals surface area (Å²) in [5, 5.41) is 10.8. The van der Waals surface area contributed by atoms with E-state index >= 15 is 0 Å². The van der Waals surface area contributed by atoms with Crippen LogP contribution in [-0.2, 0) is 6.54 Å². The van der Waals surface area contributed by atoms with Gasteiger partial charge in [-0.2, -0.15) is 0 Å². The number of fused-ring (bicyclic) bond motifs is 1. The Morgan fingerprint density at radius 2 is 1.81 bits per heavy atom. The largest absolute Gasteiger partial charge is 0.315 e. The highest BCUT2D eigenvalue weighted by Crippen LogP contribution is 2.16. The zero-order valence-electron chi connectivity index (χ0n) is 16.3. The van der Waals surface area contributed by atoms with Gasteiger partial charge in [0.1, 0.15) is 5.65 Å². The van der Waals surface area contributed by atoms with Crippen molar-refractivity contribution >= 4 is 5.65 Å². The van der Waals surface area contributed by atoms with Crippen LogP contribution < -0.4 is 16.0 Å². The molecule has 1 aliphatic carbocycles. The van der Waals surface area contributed by atoms with Crippen molar-refractivity contribution in [3.8, 4) is 0 Å². The molecule has 0 radical (unpaired) electrons. The summed E-state index contributed by atoms with van der Waals surface area (Å²) in [6.07, 6.45) is 11.5. The molecule has 0 bridgehead atoms. The Labute approximate surface area is 158 Å². The van der Waals surface area contributed by atoms with Crippen LogP contribution in [0.15, 0.2) is 24.4 Å². The Kier molecular flexibility index (Phi) is 7.92. The van der Waals surface area contributed by atoms with E-state index in [9.17, 15) is 0 Å². The summed E-state index contributed by atoms with van der Waals surface area (Å²) < 4.78 is 2.18. The van der Waals surface area contributed by atoms with Crippen LogP contribution >= 0.6 is 0 Å². The molecule has 0 amide bonds. The lowest BCUT2D eigenvalue weighted by Crippen LogP contribution is -2.36. The minimum absolute atomic E-state index is 0.776. The highest BCUT2D eigenvalue weighted by atomic mass is 15.0. The minimum atomic E-state index is 0.776. The van der Waals surface area contributed by atoms with E-state index in [0.717, 1.165) is 50.1 Å². The Hall–Kier alpha value is -1.43. The molecule has 3 N–H and O–H groups in total. The van der Waals surface area contributed by atoms with Crippen LogP contribution in [0.5, 0.6) is 0 Å². The van der Waals surface area contributed by atoms with Crippen LogP contribution in [0.25, 0.3) is 5.65 Å². The number of pyridine rings is 1. The van der Waals surface area contributed by atoms with Crippen LogP contribution in [0.3, 0.4) is 0 Å². The third-order valence-electron chi connectivity index (χ3n) is 5.30. The third-order valence-corrected chi connectivity index (χ3v) is 5.30. The molecule has 1 saturated carbocycles. The van der Waals surface area contributed by atoms with E-state index in [1.165, 1.54) is 50.6 Å². The lowest BCUT2D eigenvalue weighted by molar-refractivity contribution is 0.372. The molecular weight excluding hydrogens is 322 g/mol. The van der Waals surface area contributed by atoms with E-state index < -0.39 is 0 Å². The maximum Gasteiger partial charge on any atom is 0.137 e. The predicted molar refractivity (Wildman–Crippen MR) is 109 cm³/mol. The number of hydrogen-bond donors (Lipinski definition) is 3. The average Bonchev–Trinajstić information content (AvgIpc) is 3.05. The van der Waals surface area contributed by atoms with E-state index in [-0.39, 0.29) is 0 Å². The fourth-order valence-electron chi connectivity index (χ4n) is 3.85. The SMILES string of the molecule is Cc1cn2c(CNCCCCNCCNC3CCCCC3)cccc2n1. The standard InChI is InChI=1S/C21H35N5/c1-18-17-26-20(10-7-11-21(26)25-18)16-23-13-6-5-12-22-14-15-24-19-8-3-2-4-9-19/h7,10-11,17,19,22-24H,2-6,8-9,12-16H2,1H3. The van der Waals surface area contributed by atoms with Gasteiger partial charge in [0, 0.05) is 37.6 Å². The van der Waals surface area contributed by atoms with E-state index in [2.05, 4.69) is 49.7 Å². The molecule has 5 nitrogen and oxygen atoms in total. The van der Waals surface area contributed by atoms with Crippen molar-refractivity contribution in [3.63, 3.8) is 0 Å². The first-order valence-electron chi connectivity index (χ1n) is 10.4. The molecule has 2 aromatic rings. The molecule has 0 aliphatic heterocycles. The summed E-state index contributed by atoms with van der Waals surface area (Å²) in [6, 6.07) is 7.09. The molecule has 1 aliphatic rings. The van der Waals surface area contributed by atoms with Crippen LogP contribution in [0.4, 0.5) is 0 Å². The van der Waals surface area contributed by atoms with Gasteiger partial charge in [-0.15, -0.1) is 0 Å². The van der Waals surface area contributed by atoms with Gasteiger partial charge in [0.05, 0.1) is 5.69 Å². The van der Waals surface area contributed by atoms with Crippen molar-refractivity contribution < 1.29 is 0 Å². The summed E-state index contributed by atoms with van der Waals surface area (Å²) >= 11 is 0. The molecule has 26 heavy (non-hydrogen) atoms. The van der Waals surface area contributed by atoms with Crippen molar-refractivity contribution in [1.82, 2.24) is 25.3 Å². The Morgan fingerprint density at radius 3 is 2.65 bits per heavy atom. The van der Waals surface area contributed by atoms with Gasteiger partial charge in [-0.1, -0.05) is 25.3 Å². The number of rotatable bonds is 11. The van der Waals surface area contributed by atoms with E-state index in [0.29, 0.717) is 0 Å². The zero-order valence-corrected chi connectivity index (χ0v) is 16.3. The van der Waals surface area contributed by atoms with Crippen molar-refractivity contribution in [2.24, 2.45) is 0 Å². The molecule has 0 spiro atoms. The number of aryl methyl sites for hydroxylation is 1. The highest BCUT2D eigenvalue weighted by Gasteiger charge is 2.11. The molecule has 5 heteroatoms. The quantitative estimate of drug-likeness (QED) is 0.541. The van der Waals surface area contributed by atoms with Crippen LogP contribution in [-0.4, -0.2) is 41.6 Å². The number of hydrogen-bond acceptors (Lipinski definition) is 4. The second kappa shape index (κ2) is 10.7. The second-order valence-electron chi connectivity index (χ2n) is 7.55. The van der Waals surface area contributed by atoms with Crippen molar-refractivity contribution in [2.45, 2.75) is 64.5 Å². The Balaban J connectivity index is 1.19. The molecular formula is C21H35N5. The summed E-state index contributed by atoms with van der Waals surface area (Å²) in [4.78, 5) is 4.52. The number of imidazole rings is 1. The smallest absolute Gasteiger partial charge is 0.137 e. The van der Waals surface area contributed by atoms with Gasteiger partial charge >= 0.3 is 0 Å². The maximum atomic E-state index is 4.52. The fourth-order valence-corrected chi connectivity index (χ4v) is 3.85. The summed E-state index contributed by atoms with van der Waals surface area (Å²) in [5.74, 6) is 0. The molecule has 1 fully saturated rings. The molecule has 0 saturated heterocycles. The van der Waals surface area contributed by atoms with Crippen LogP contribution in [0.2, 0.25) is 0 Å². The van der Waals surface area contributed by atoms with Crippen molar-refractivity contribution in [1.29, 1.82) is 0 Å². The molecule has 0 aromatic carbocycles. The van der Waals surface area contributed by atoms with Gasteiger partial charge in [-0.25, -0.2) is 4.98 Å². The average molecular weight is 358 g/mol. The molecule has 0 atom stereocenters. The first kappa shape index (κ1) is 19.3. The number of nitrogens with one attached hydrogen (secondary N) is 3. The van der Waals surface area contributed by atoms with Gasteiger partial charge in [-0.05, 0) is 57.8 Å². The van der Waals surface area contributed by atoms with Gasteiger partial charge in [0.2, 0.25) is 0 Å². The predicted octanol–water partition coefficient (Wildman–Crippen LogP) is 3.02. The number of unbranched alkanes of at least 4 members (excludes halogenated alkanes) is 1. The first-order valence-corrected chi connectivity index (χ1v) is 10.4. The summed E-state index contributed by atoms with van der Waals surface area (Å²) in [5.41, 5.74) is 3.38. The van der Waals surface area contributed by atoms with Gasteiger partial charge < -0.3 is 20.4 Å². The maximum absolute atomic E-state index is 4.52. The second-order valence-corrected chi connectivity index (χ2v) is 7.55. The summed E-state index contributed by atoms with van der Waals surface area (Å²) in [6.45, 7) is 7.31. The lowest BCUT2D eigenvalue weighted by atomic mass is 9.95. The van der Waals surface area contributed by atoms with Gasteiger partial charge in [0.15, 0.2) is 0 Å². The fraction of sp³-hybridized carbons (Fsp3) is 0.667. The Morgan fingerprint density at radius 1 is 1.00 bits per heavy atom.